The first kappa shape index (κ1) is 16.7. The number of nitrogens with zero attached hydrogens (tertiary/aromatic N) is 2. The molecule has 2 aromatic rings. The van der Waals surface area contributed by atoms with Crippen molar-refractivity contribution in [1.29, 1.82) is 0 Å². The Balaban J connectivity index is 1.56. The van der Waals surface area contributed by atoms with Crippen molar-refractivity contribution < 1.29 is 9.50 Å². The Bertz CT molecular complexity index is 710. The van der Waals surface area contributed by atoms with Gasteiger partial charge in [0.25, 0.3) is 0 Å². The molecule has 2 aromatic carbocycles. The normalized spacial score (nSPS) is 24.4. The number of fused-ring (bicyclic) bond motifs is 1. The number of hydrogen-bond donors (Lipinski definition) is 1. The molecule has 0 saturated carbocycles. The molecule has 1 saturated heterocycles. The van der Waals surface area contributed by atoms with Crippen molar-refractivity contribution in [2.24, 2.45) is 0 Å². The predicted molar refractivity (Wildman–Crippen MR) is 97.1 cm³/mol. The summed E-state index contributed by atoms with van der Waals surface area (Å²) in [4.78, 5) is 4.91. The Morgan fingerprint density at radius 2 is 1.60 bits per heavy atom. The molecule has 2 aliphatic rings. The molecule has 1 N–H and O–H groups in total. The van der Waals surface area contributed by atoms with E-state index in [1.807, 2.05) is 12.1 Å². The summed E-state index contributed by atoms with van der Waals surface area (Å²) in [6.07, 6.45) is 1.06. The van der Waals surface area contributed by atoms with E-state index in [0.717, 1.165) is 39.1 Å². The highest BCUT2D eigenvalue weighted by Gasteiger charge is 2.36. The van der Waals surface area contributed by atoms with Crippen LogP contribution < -0.4 is 0 Å². The molecule has 0 aromatic heterocycles. The van der Waals surface area contributed by atoms with Gasteiger partial charge >= 0.3 is 0 Å². The second-order valence-corrected chi connectivity index (χ2v) is 7.09. The topological polar surface area (TPSA) is 26.7 Å². The van der Waals surface area contributed by atoms with E-state index in [9.17, 15) is 4.39 Å². The Hall–Kier alpha value is -1.75. The summed E-state index contributed by atoms with van der Waals surface area (Å²) in [5.74, 6) is 0.170. The van der Waals surface area contributed by atoms with Crippen molar-refractivity contribution in [3.05, 3.63) is 71.0 Å². The standard InChI is InChI=1S/C21H25FN2O/c22-17-7-5-16(6-8-17)20-15-21(19-4-2-1-3-18(19)20)24-11-9-23(10-12-24)13-14-25/h1-8,20-21,25H,9-15H2/t20-,21+/m0/s1. The van der Waals surface area contributed by atoms with E-state index in [1.54, 1.807) is 12.1 Å². The number of benzene rings is 2. The average Bonchev–Trinajstić information content (AvgIpc) is 3.03. The van der Waals surface area contributed by atoms with E-state index >= 15 is 0 Å². The van der Waals surface area contributed by atoms with Crippen molar-refractivity contribution in [3.8, 4) is 0 Å². The highest BCUT2D eigenvalue weighted by molar-refractivity contribution is 5.44. The van der Waals surface area contributed by atoms with Crippen LogP contribution in [0.4, 0.5) is 4.39 Å². The maximum Gasteiger partial charge on any atom is 0.123 e. The molecule has 132 valence electrons. The van der Waals surface area contributed by atoms with Crippen LogP contribution in [0.25, 0.3) is 0 Å². The van der Waals surface area contributed by atoms with Crippen LogP contribution in [-0.2, 0) is 0 Å². The van der Waals surface area contributed by atoms with Crippen molar-refractivity contribution in [1.82, 2.24) is 9.80 Å². The van der Waals surface area contributed by atoms with E-state index in [4.69, 9.17) is 5.11 Å². The third-order valence-electron chi connectivity index (χ3n) is 5.73. The van der Waals surface area contributed by atoms with Crippen LogP contribution in [0, 0.1) is 5.82 Å². The van der Waals surface area contributed by atoms with Gasteiger partial charge in [-0.05, 0) is 35.2 Å². The van der Waals surface area contributed by atoms with Crippen LogP contribution in [-0.4, -0.2) is 54.2 Å². The third kappa shape index (κ3) is 3.34. The summed E-state index contributed by atoms with van der Waals surface area (Å²) in [5, 5.41) is 9.12. The maximum atomic E-state index is 13.3. The van der Waals surface area contributed by atoms with Gasteiger partial charge < -0.3 is 5.11 Å². The summed E-state index contributed by atoms with van der Waals surface area (Å²) in [6, 6.07) is 16.1. The molecule has 3 nitrogen and oxygen atoms in total. The summed E-state index contributed by atoms with van der Waals surface area (Å²) in [7, 11) is 0. The van der Waals surface area contributed by atoms with Crippen molar-refractivity contribution >= 4 is 0 Å². The summed E-state index contributed by atoms with van der Waals surface area (Å²) < 4.78 is 13.3. The average molecular weight is 340 g/mol. The predicted octanol–water partition coefficient (Wildman–Crippen LogP) is 3.01. The highest BCUT2D eigenvalue weighted by Crippen LogP contribution is 2.46. The lowest BCUT2D eigenvalue weighted by Gasteiger charge is -2.38. The largest absolute Gasteiger partial charge is 0.395 e. The van der Waals surface area contributed by atoms with E-state index in [1.165, 1.54) is 16.7 Å². The molecule has 0 amide bonds. The molecule has 0 bridgehead atoms. The molecule has 0 spiro atoms. The summed E-state index contributed by atoms with van der Waals surface area (Å²) in [5.41, 5.74) is 4.01. The number of hydrogen-bond acceptors (Lipinski definition) is 3. The SMILES string of the molecule is OCCN1CCN([C@@H]2C[C@@H](c3ccc(F)cc3)c3ccccc32)CC1. The van der Waals surface area contributed by atoms with E-state index in [-0.39, 0.29) is 12.4 Å². The molecule has 0 radical (unpaired) electrons. The van der Waals surface area contributed by atoms with Crippen LogP contribution in [0.5, 0.6) is 0 Å². The van der Waals surface area contributed by atoms with Gasteiger partial charge in [0.2, 0.25) is 0 Å². The molecular formula is C21H25FN2O. The van der Waals surface area contributed by atoms with E-state index < -0.39 is 0 Å². The Kier molecular flexibility index (Phi) is 4.84. The molecule has 1 fully saturated rings. The Morgan fingerprint density at radius 3 is 2.28 bits per heavy atom. The van der Waals surface area contributed by atoms with Crippen LogP contribution in [0.15, 0.2) is 48.5 Å². The quantitative estimate of drug-likeness (QED) is 0.927. The van der Waals surface area contributed by atoms with Crippen molar-refractivity contribution in [2.75, 3.05) is 39.3 Å². The lowest BCUT2D eigenvalue weighted by molar-refractivity contribution is 0.0827. The van der Waals surface area contributed by atoms with Gasteiger partial charge in [-0.2, -0.15) is 0 Å². The monoisotopic (exact) mass is 340 g/mol. The number of aliphatic hydroxyl groups excluding tert-OH is 1. The van der Waals surface area contributed by atoms with E-state index in [0.29, 0.717) is 12.0 Å². The van der Waals surface area contributed by atoms with Crippen LogP contribution in [0.2, 0.25) is 0 Å². The summed E-state index contributed by atoms with van der Waals surface area (Å²) in [6.45, 7) is 5.11. The molecule has 1 heterocycles. The van der Waals surface area contributed by atoms with Gasteiger partial charge in [-0.3, -0.25) is 9.80 Å². The van der Waals surface area contributed by atoms with Crippen LogP contribution in [0.1, 0.15) is 35.1 Å². The Morgan fingerprint density at radius 1 is 0.920 bits per heavy atom. The zero-order chi connectivity index (χ0) is 17.2. The number of β-amino-alcohol motifs (C(OH)–C–C–N with tert-alkyl or cyclic N) is 1. The van der Waals surface area contributed by atoms with Crippen LogP contribution in [0.3, 0.4) is 0 Å². The second kappa shape index (κ2) is 7.24. The fourth-order valence-corrected chi connectivity index (χ4v) is 4.41. The second-order valence-electron chi connectivity index (χ2n) is 7.09. The van der Waals surface area contributed by atoms with Gasteiger partial charge in [0.1, 0.15) is 5.82 Å². The van der Waals surface area contributed by atoms with Gasteiger partial charge in [0.05, 0.1) is 6.61 Å². The molecule has 4 rings (SSSR count). The summed E-state index contributed by atoms with van der Waals surface area (Å²) >= 11 is 0. The van der Waals surface area contributed by atoms with Gasteiger partial charge in [-0.1, -0.05) is 36.4 Å². The molecule has 1 aliphatic carbocycles. The van der Waals surface area contributed by atoms with E-state index in [2.05, 4.69) is 34.1 Å². The van der Waals surface area contributed by atoms with Gasteiger partial charge in [-0.15, -0.1) is 0 Å². The zero-order valence-electron chi connectivity index (χ0n) is 14.4. The minimum Gasteiger partial charge on any atom is -0.395 e. The minimum absolute atomic E-state index is 0.174. The first-order chi connectivity index (χ1) is 12.3. The molecule has 1 aliphatic heterocycles. The highest BCUT2D eigenvalue weighted by atomic mass is 19.1. The molecule has 2 atom stereocenters. The first-order valence-electron chi connectivity index (χ1n) is 9.18. The van der Waals surface area contributed by atoms with Gasteiger partial charge in [-0.25, -0.2) is 4.39 Å². The Labute approximate surface area is 148 Å². The minimum atomic E-state index is -0.174. The third-order valence-corrected chi connectivity index (χ3v) is 5.73. The number of rotatable bonds is 4. The first-order valence-corrected chi connectivity index (χ1v) is 9.18. The number of piperazine rings is 1. The molecule has 4 heteroatoms. The number of aliphatic hydroxyl groups is 1. The van der Waals surface area contributed by atoms with Crippen molar-refractivity contribution in [3.63, 3.8) is 0 Å². The molecule has 0 unspecified atom stereocenters. The van der Waals surface area contributed by atoms with Crippen molar-refractivity contribution in [2.45, 2.75) is 18.4 Å². The zero-order valence-corrected chi connectivity index (χ0v) is 14.4. The van der Waals surface area contributed by atoms with Crippen LogP contribution >= 0.6 is 0 Å². The lowest BCUT2D eigenvalue weighted by Crippen LogP contribution is -2.48. The molecular weight excluding hydrogens is 315 g/mol. The molecule has 25 heavy (non-hydrogen) atoms. The fraction of sp³-hybridized carbons (Fsp3) is 0.429. The number of halogens is 1. The van der Waals surface area contributed by atoms with Gasteiger partial charge in [0.15, 0.2) is 0 Å². The lowest BCUT2D eigenvalue weighted by atomic mass is 9.93. The maximum absolute atomic E-state index is 13.3. The van der Waals surface area contributed by atoms with Gasteiger partial charge in [0, 0.05) is 44.7 Å². The fourth-order valence-electron chi connectivity index (χ4n) is 4.41. The smallest absolute Gasteiger partial charge is 0.123 e.